The fourth-order valence-corrected chi connectivity index (χ4v) is 2.27. The van der Waals surface area contributed by atoms with Gasteiger partial charge in [-0.2, -0.15) is 15.0 Å². The predicted molar refractivity (Wildman–Crippen MR) is 72.5 cm³/mol. The number of anilines is 2. The molecule has 1 unspecified atom stereocenters. The molecule has 0 bridgehead atoms. The number of nitrogens with zero attached hydrogens (tertiary/aromatic N) is 4. The lowest BCUT2D eigenvalue weighted by Gasteiger charge is -2.33. The van der Waals surface area contributed by atoms with E-state index >= 15 is 0 Å². The van der Waals surface area contributed by atoms with Crippen molar-refractivity contribution in [1.29, 1.82) is 0 Å². The minimum absolute atomic E-state index is 0.247. The quantitative estimate of drug-likeness (QED) is 0.822. The summed E-state index contributed by atoms with van der Waals surface area (Å²) in [5.74, 6) is 1.49. The van der Waals surface area contributed by atoms with Crippen molar-refractivity contribution in [3.05, 3.63) is 0 Å². The van der Waals surface area contributed by atoms with E-state index in [9.17, 15) is 5.11 Å². The van der Waals surface area contributed by atoms with Crippen LogP contribution in [0.4, 0.5) is 11.9 Å². The van der Waals surface area contributed by atoms with Crippen molar-refractivity contribution < 1.29 is 9.84 Å². The lowest BCUT2D eigenvalue weighted by molar-refractivity contribution is 0.109. The Morgan fingerprint density at radius 1 is 1.32 bits per heavy atom. The molecule has 1 saturated heterocycles. The van der Waals surface area contributed by atoms with Gasteiger partial charge in [0.1, 0.15) is 0 Å². The lowest BCUT2D eigenvalue weighted by Crippen LogP contribution is -2.38. The van der Waals surface area contributed by atoms with E-state index in [1.165, 1.54) is 7.11 Å². The molecule has 2 heterocycles. The van der Waals surface area contributed by atoms with Crippen molar-refractivity contribution in [2.45, 2.75) is 25.9 Å². The topological polar surface area (TPSA) is 83.4 Å². The van der Waals surface area contributed by atoms with Crippen molar-refractivity contribution in [2.24, 2.45) is 5.92 Å². The third kappa shape index (κ3) is 3.23. The largest absolute Gasteiger partial charge is 0.467 e. The molecule has 0 aliphatic carbocycles. The average molecular weight is 267 g/mol. The number of aliphatic hydroxyl groups is 1. The van der Waals surface area contributed by atoms with Crippen LogP contribution in [0.3, 0.4) is 0 Å². The third-order valence-corrected chi connectivity index (χ3v) is 3.51. The number of hydrogen-bond acceptors (Lipinski definition) is 7. The van der Waals surface area contributed by atoms with Crippen LogP contribution in [0.15, 0.2) is 0 Å². The number of piperidine rings is 1. The Morgan fingerprint density at radius 2 is 2.00 bits per heavy atom. The summed E-state index contributed by atoms with van der Waals surface area (Å²) >= 11 is 0. The van der Waals surface area contributed by atoms with Gasteiger partial charge < -0.3 is 20.1 Å². The summed E-state index contributed by atoms with van der Waals surface area (Å²) in [6, 6.07) is 0.312. The van der Waals surface area contributed by atoms with E-state index in [1.807, 2.05) is 6.92 Å². The monoisotopic (exact) mass is 267 g/mol. The predicted octanol–water partition coefficient (Wildman–Crippen LogP) is 0.519. The summed E-state index contributed by atoms with van der Waals surface area (Å²) in [6.07, 6.45) is 1.64. The Hall–Kier alpha value is -1.63. The molecule has 1 aliphatic heterocycles. The van der Waals surface area contributed by atoms with Crippen LogP contribution in [0, 0.1) is 5.92 Å². The smallest absolute Gasteiger partial charge is 0.322 e. The third-order valence-electron chi connectivity index (χ3n) is 3.51. The zero-order chi connectivity index (χ0) is 13.8. The highest BCUT2D eigenvalue weighted by atomic mass is 16.5. The number of nitrogens with one attached hydrogen (secondary N) is 1. The Morgan fingerprint density at radius 3 is 2.53 bits per heavy atom. The Kier molecular flexibility index (Phi) is 4.36. The number of aromatic nitrogens is 3. The van der Waals surface area contributed by atoms with Crippen molar-refractivity contribution in [1.82, 2.24) is 15.0 Å². The maximum absolute atomic E-state index is 9.61. The van der Waals surface area contributed by atoms with Gasteiger partial charge in [0, 0.05) is 20.1 Å². The minimum atomic E-state index is -0.247. The zero-order valence-electron chi connectivity index (χ0n) is 11.6. The van der Waals surface area contributed by atoms with Gasteiger partial charge in [0.25, 0.3) is 0 Å². The molecular weight excluding hydrogens is 246 g/mol. The summed E-state index contributed by atoms with van der Waals surface area (Å²) < 4.78 is 5.08. The first-order chi connectivity index (χ1) is 9.13. The molecule has 0 saturated carbocycles. The average Bonchev–Trinajstić information content (AvgIpc) is 2.46. The highest BCUT2D eigenvalue weighted by molar-refractivity contribution is 5.38. The molecular formula is C12H21N5O2. The zero-order valence-corrected chi connectivity index (χ0v) is 11.6. The number of ether oxygens (including phenoxy) is 1. The molecule has 0 spiro atoms. The van der Waals surface area contributed by atoms with E-state index in [1.54, 1.807) is 7.05 Å². The maximum atomic E-state index is 9.61. The van der Waals surface area contributed by atoms with Gasteiger partial charge in [-0.05, 0) is 25.7 Å². The summed E-state index contributed by atoms with van der Waals surface area (Å²) in [4.78, 5) is 14.8. The van der Waals surface area contributed by atoms with E-state index in [2.05, 4.69) is 25.2 Å². The van der Waals surface area contributed by atoms with Crippen LogP contribution in [0.5, 0.6) is 6.01 Å². The molecule has 7 heteroatoms. The Balaban J connectivity index is 2.10. The summed E-state index contributed by atoms with van der Waals surface area (Å²) in [6.45, 7) is 3.53. The van der Waals surface area contributed by atoms with Gasteiger partial charge in [-0.25, -0.2) is 0 Å². The SMILES string of the molecule is CNc1nc(OC)nc(N2CCC(C(C)O)CC2)n1. The molecule has 2 N–H and O–H groups in total. The first-order valence-electron chi connectivity index (χ1n) is 6.55. The van der Waals surface area contributed by atoms with E-state index in [4.69, 9.17) is 4.74 Å². The van der Waals surface area contributed by atoms with Gasteiger partial charge in [0.05, 0.1) is 13.2 Å². The highest BCUT2D eigenvalue weighted by Crippen LogP contribution is 2.24. The van der Waals surface area contributed by atoms with Crippen LogP contribution in [0.1, 0.15) is 19.8 Å². The van der Waals surface area contributed by atoms with Crippen LogP contribution in [-0.4, -0.2) is 53.4 Å². The molecule has 0 amide bonds. The molecule has 0 radical (unpaired) electrons. The molecule has 1 aromatic heterocycles. The standard InChI is InChI=1S/C12H21N5O2/c1-8(18)9-4-6-17(7-5-9)11-14-10(13-2)15-12(16-11)19-3/h8-9,18H,4-7H2,1-3H3,(H,13,14,15,16). The van der Waals surface area contributed by atoms with E-state index in [0.29, 0.717) is 23.8 Å². The molecule has 19 heavy (non-hydrogen) atoms. The van der Waals surface area contributed by atoms with Crippen LogP contribution >= 0.6 is 0 Å². The van der Waals surface area contributed by atoms with Crippen LogP contribution in [0.25, 0.3) is 0 Å². The number of methoxy groups -OCH3 is 1. The van der Waals surface area contributed by atoms with Crippen LogP contribution in [-0.2, 0) is 0 Å². The lowest BCUT2D eigenvalue weighted by atomic mass is 9.92. The molecule has 2 rings (SSSR count). The second-order valence-electron chi connectivity index (χ2n) is 4.76. The number of rotatable bonds is 4. The minimum Gasteiger partial charge on any atom is -0.467 e. The van der Waals surface area contributed by atoms with Gasteiger partial charge in [-0.3, -0.25) is 0 Å². The van der Waals surface area contributed by atoms with Gasteiger partial charge in [-0.1, -0.05) is 0 Å². The first-order valence-corrected chi connectivity index (χ1v) is 6.55. The second kappa shape index (κ2) is 6.01. The number of aliphatic hydroxyl groups excluding tert-OH is 1. The van der Waals surface area contributed by atoms with Crippen molar-refractivity contribution in [3.63, 3.8) is 0 Å². The Bertz CT molecular complexity index is 396. The molecule has 1 atom stereocenters. The summed E-state index contributed by atoms with van der Waals surface area (Å²) in [5, 5.41) is 12.5. The van der Waals surface area contributed by atoms with Gasteiger partial charge in [0.15, 0.2) is 0 Å². The normalized spacial score (nSPS) is 18.2. The van der Waals surface area contributed by atoms with Crippen molar-refractivity contribution >= 4 is 11.9 Å². The van der Waals surface area contributed by atoms with E-state index in [-0.39, 0.29) is 6.10 Å². The second-order valence-corrected chi connectivity index (χ2v) is 4.76. The number of hydrogen-bond donors (Lipinski definition) is 2. The molecule has 106 valence electrons. The first kappa shape index (κ1) is 13.8. The molecule has 7 nitrogen and oxygen atoms in total. The molecule has 1 fully saturated rings. The van der Waals surface area contributed by atoms with Gasteiger partial charge >= 0.3 is 6.01 Å². The van der Waals surface area contributed by atoms with E-state index in [0.717, 1.165) is 25.9 Å². The molecule has 0 aromatic carbocycles. The van der Waals surface area contributed by atoms with Crippen molar-refractivity contribution in [2.75, 3.05) is 37.5 Å². The summed E-state index contributed by atoms with van der Waals surface area (Å²) in [5.41, 5.74) is 0. The molecule has 1 aromatic rings. The van der Waals surface area contributed by atoms with Crippen LogP contribution in [0.2, 0.25) is 0 Å². The van der Waals surface area contributed by atoms with Gasteiger partial charge in [-0.15, -0.1) is 0 Å². The Labute approximate surface area is 113 Å². The fourth-order valence-electron chi connectivity index (χ4n) is 2.27. The fraction of sp³-hybridized carbons (Fsp3) is 0.750. The highest BCUT2D eigenvalue weighted by Gasteiger charge is 2.24. The van der Waals surface area contributed by atoms with Crippen LogP contribution < -0.4 is 15.0 Å². The van der Waals surface area contributed by atoms with Crippen molar-refractivity contribution in [3.8, 4) is 6.01 Å². The maximum Gasteiger partial charge on any atom is 0.322 e. The molecule has 1 aliphatic rings. The van der Waals surface area contributed by atoms with E-state index < -0.39 is 0 Å². The summed E-state index contributed by atoms with van der Waals surface area (Å²) in [7, 11) is 3.30. The van der Waals surface area contributed by atoms with Gasteiger partial charge in [0.2, 0.25) is 11.9 Å².